The lowest BCUT2D eigenvalue weighted by atomic mass is 9.93. The third-order valence-corrected chi connectivity index (χ3v) is 10.3. The monoisotopic (exact) mass is 592 g/mol. The van der Waals surface area contributed by atoms with Gasteiger partial charge in [-0.1, -0.05) is 158 Å². The SMILES string of the molecule is C#CC#CC#C[Si](C)(C)C(=C(c1ccccc1)c1ccc(C)cc1)c1ccc(C=C(c2ccccc2)c2ccc(C)cc2)cc1. The smallest absolute Gasteiger partial charge is 0.112 e. The molecule has 5 aromatic carbocycles. The maximum Gasteiger partial charge on any atom is 0.165 e. The van der Waals surface area contributed by atoms with Crippen molar-refractivity contribution in [1.29, 1.82) is 0 Å². The van der Waals surface area contributed by atoms with Crippen molar-refractivity contribution in [2.75, 3.05) is 0 Å². The van der Waals surface area contributed by atoms with Gasteiger partial charge >= 0.3 is 0 Å². The highest BCUT2D eigenvalue weighted by atomic mass is 28.3. The van der Waals surface area contributed by atoms with E-state index in [1.807, 2.05) is 0 Å². The van der Waals surface area contributed by atoms with Gasteiger partial charge in [-0.25, -0.2) is 0 Å². The van der Waals surface area contributed by atoms with Gasteiger partial charge in [0.2, 0.25) is 0 Å². The maximum atomic E-state index is 5.38. The van der Waals surface area contributed by atoms with E-state index in [0.29, 0.717) is 0 Å². The number of benzene rings is 5. The van der Waals surface area contributed by atoms with Gasteiger partial charge in [-0.2, -0.15) is 0 Å². The molecule has 0 saturated heterocycles. The zero-order valence-electron chi connectivity index (χ0n) is 26.4. The van der Waals surface area contributed by atoms with Crippen molar-refractivity contribution in [1.82, 2.24) is 0 Å². The van der Waals surface area contributed by atoms with E-state index in [0.717, 1.165) is 5.56 Å². The Morgan fingerprint density at radius 2 is 1.00 bits per heavy atom. The molecule has 0 heterocycles. The van der Waals surface area contributed by atoms with Crippen LogP contribution in [0.4, 0.5) is 0 Å². The molecule has 0 saturated carbocycles. The minimum atomic E-state index is -2.39. The van der Waals surface area contributed by atoms with Crippen LogP contribution in [0.3, 0.4) is 0 Å². The molecule has 0 radical (unpaired) electrons. The fourth-order valence-electron chi connectivity index (χ4n) is 5.51. The summed E-state index contributed by atoms with van der Waals surface area (Å²) < 4.78 is 0. The molecule has 0 aromatic heterocycles. The van der Waals surface area contributed by atoms with Gasteiger partial charge in [0.1, 0.15) is 0 Å². The first-order chi connectivity index (χ1) is 21.9. The lowest BCUT2D eigenvalue weighted by Crippen LogP contribution is -2.28. The minimum absolute atomic E-state index is 1.14. The number of rotatable bonds is 7. The summed E-state index contributed by atoms with van der Waals surface area (Å²) >= 11 is 0. The predicted molar refractivity (Wildman–Crippen MR) is 196 cm³/mol. The number of hydrogen-bond acceptors (Lipinski definition) is 0. The van der Waals surface area contributed by atoms with Crippen LogP contribution >= 0.6 is 0 Å². The highest BCUT2D eigenvalue weighted by Crippen LogP contribution is 2.38. The summed E-state index contributed by atoms with van der Waals surface area (Å²) in [4.78, 5) is 0. The van der Waals surface area contributed by atoms with Crippen molar-refractivity contribution < 1.29 is 0 Å². The second-order valence-corrected chi connectivity index (χ2v) is 15.7. The summed E-state index contributed by atoms with van der Waals surface area (Å²) in [5, 5.41) is 1.27. The predicted octanol–water partition coefficient (Wildman–Crippen LogP) is 10.3. The van der Waals surface area contributed by atoms with E-state index < -0.39 is 8.07 Å². The molecule has 0 amide bonds. The lowest BCUT2D eigenvalue weighted by molar-refractivity contribution is 1.44. The van der Waals surface area contributed by atoms with Crippen LogP contribution in [0, 0.1) is 49.5 Å². The average molecular weight is 593 g/mol. The van der Waals surface area contributed by atoms with Crippen molar-refractivity contribution in [3.8, 4) is 35.6 Å². The Morgan fingerprint density at radius 1 is 0.533 bits per heavy atom. The van der Waals surface area contributed by atoms with Crippen molar-refractivity contribution >= 4 is 30.5 Å². The number of hydrogen-bond donors (Lipinski definition) is 0. The van der Waals surface area contributed by atoms with E-state index in [1.165, 1.54) is 55.3 Å². The van der Waals surface area contributed by atoms with E-state index in [9.17, 15) is 0 Å². The quantitative estimate of drug-likeness (QED) is 0.100. The molecule has 0 bridgehead atoms. The molecule has 0 unspecified atom stereocenters. The Bertz CT molecular complexity index is 1990. The fourth-order valence-corrected chi connectivity index (χ4v) is 7.81. The summed E-state index contributed by atoms with van der Waals surface area (Å²) in [5.74, 6) is 11.0. The minimum Gasteiger partial charge on any atom is -0.112 e. The van der Waals surface area contributed by atoms with Crippen molar-refractivity contribution in [3.63, 3.8) is 0 Å². The van der Waals surface area contributed by atoms with E-state index in [-0.39, 0.29) is 0 Å². The molecule has 45 heavy (non-hydrogen) atoms. The van der Waals surface area contributed by atoms with Crippen LogP contribution in [0.1, 0.15) is 44.5 Å². The Hall–Kier alpha value is -5.52. The van der Waals surface area contributed by atoms with Crippen LogP contribution < -0.4 is 0 Å². The molecule has 216 valence electrons. The average Bonchev–Trinajstić information content (AvgIpc) is 3.07. The molecule has 0 atom stereocenters. The zero-order chi connectivity index (χ0) is 31.6. The maximum absolute atomic E-state index is 5.38. The lowest BCUT2D eigenvalue weighted by Gasteiger charge is -2.26. The van der Waals surface area contributed by atoms with Crippen LogP contribution in [-0.2, 0) is 0 Å². The van der Waals surface area contributed by atoms with E-state index in [1.54, 1.807) is 0 Å². The summed E-state index contributed by atoms with van der Waals surface area (Å²) in [6.07, 6.45) is 7.66. The van der Waals surface area contributed by atoms with Gasteiger partial charge in [-0.3, -0.25) is 0 Å². The first-order valence-electron chi connectivity index (χ1n) is 15.2. The highest BCUT2D eigenvalue weighted by Gasteiger charge is 2.30. The molecular formula is C44H36Si. The molecule has 0 aliphatic rings. The Balaban J connectivity index is 1.71. The van der Waals surface area contributed by atoms with Gasteiger partial charge in [-0.05, 0) is 93.3 Å². The molecule has 0 fully saturated rings. The van der Waals surface area contributed by atoms with Gasteiger partial charge in [0.15, 0.2) is 8.07 Å². The summed E-state index contributed by atoms with van der Waals surface area (Å²) in [5.41, 5.74) is 15.5. The first-order valence-corrected chi connectivity index (χ1v) is 18.2. The van der Waals surface area contributed by atoms with Gasteiger partial charge in [0.25, 0.3) is 0 Å². The van der Waals surface area contributed by atoms with E-state index >= 15 is 0 Å². The largest absolute Gasteiger partial charge is 0.165 e. The highest BCUT2D eigenvalue weighted by molar-refractivity contribution is 7.02. The number of aryl methyl sites for hydroxylation is 2. The van der Waals surface area contributed by atoms with Crippen LogP contribution in [-0.4, -0.2) is 8.07 Å². The second kappa shape index (κ2) is 14.3. The molecule has 1 heteroatoms. The van der Waals surface area contributed by atoms with Crippen molar-refractivity contribution in [2.45, 2.75) is 26.9 Å². The molecule has 0 aliphatic heterocycles. The molecule has 0 aliphatic carbocycles. The molecule has 5 rings (SSSR count). The summed E-state index contributed by atoms with van der Waals surface area (Å²) in [6.45, 7) is 8.83. The fraction of sp³-hybridized carbons (Fsp3) is 0.0909. The Morgan fingerprint density at radius 3 is 1.56 bits per heavy atom. The molecule has 0 nitrogen and oxygen atoms in total. The molecule has 0 spiro atoms. The molecule has 0 N–H and O–H groups in total. The molecule has 5 aromatic rings. The van der Waals surface area contributed by atoms with Gasteiger partial charge < -0.3 is 0 Å². The standard InChI is InChI=1S/C44H36Si/c1-6-7-8-15-32-45(4,5)44(43(39-18-13-10-14-19-39)40-28-22-35(3)23-29-40)41-30-24-36(25-31-41)33-42(37-16-11-9-12-17-37)38-26-20-34(2)21-27-38/h1,9-14,16-31,33H,2-5H3. The van der Waals surface area contributed by atoms with E-state index in [4.69, 9.17) is 6.42 Å². The second-order valence-electron chi connectivity index (χ2n) is 11.7. The van der Waals surface area contributed by atoms with Crippen LogP contribution in [0.25, 0.3) is 22.4 Å². The van der Waals surface area contributed by atoms with Crippen LogP contribution in [0.5, 0.6) is 0 Å². The number of terminal acetylenes is 1. The van der Waals surface area contributed by atoms with Crippen molar-refractivity contribution in [3.05, 3.63) is 178 Å². The summed E-state index contributed by atoms with van der Waals surface area (Å²) in [6, 6.07) is 47.7. The van der Waals surface area contributed by atoms with Crippen LogP contribution in [0.15, 0.2) is 133 Å². The van der Waals surface area contributed by atoms with Gasteiger partial charge in [0.05, 0.1) is 0 Å². The molecular weight excluding hydrogens is 557 g/mol. The van der Waals surface area contributed by atoms with Gasteiger partial charge in [-0.15, -0.1) is 12.0 Å². The normalized spacial score (nSPS) is 11.7. The summed E-state index contributed by atoms with van der Waals surface area (Å²) in [7, 11) is -2.39. The Kier molecular flexibility index (Phi) is 9.82. The van der Waals surface area contributed by atoms with Crippen molar-refractivity contribution in [2.24, 2.45) is 0 Å². The van der Waals surface area contributed by atoms with Crippen LogP contribution in [0.2, 0.25) is 13.1 Å². The Labute approximate surface area is 270 Å². The zero-order valence-corrected chi connectivity index (χ0v) is 27.4. The third kappa shape index (κ3) is 7.71. The third-order valence-electron chi connectivity index (χ3n) is 7.81. The topological polar surface area (TPSA) is 0 Å². The van der Waals surface area contributed by atoms with Gasteiger partial charge in [0, 0.05) is 0 Å². The first kappa shape index (κ1) is 30.9. The van der Waals surface area contributed by atoms with E-state index in [2.05, 4.69) is 196 Å².